The molecule has 1 fully saturated rings. The molecule has 0 spiro atoms. The summed E-state index contributed by atoms with van der Waals surface area (Å²) in [5.41, 5.74) is 2.09. The van der Waals surface area contributed by atoms with E-state index < -0.39 is 0 Å². The Kier molecular flexibility index (Phi) is 7.76. The van der Waals surface area contributed by atoms with Gasteiger partial charge in [-0.15, -0.1) is 0 Å². The zero-order valence-electron chi connectivity index (χ0n) is 15.7. The summed E-state index contributed by atoms with van der Waals surface area (Å²) in [4.78, 5) is 16.2. The largest absolute Gasteiger partial charge is 0.361 e. The maximum absolute atomic E-state index is 11.9. The van der Waals surface area contributed by atoms with Crippen LogP contribution in [0.5, 0.6) is 0 Å². The van der Waals surface area contributed by atoms with Gasteiger partial charge in [-0.05, 0) is 19.3 Å². The maximum atomic E-state index is 11.9. The number of guanidine groups is 1. The van der Waals surface area contributed by atoms with Crippen molar-refractivity contribution < 1.29 is 9.32 Å². The summed E-state index contributed by atoms with van der Waals surface area (Å²) < 4.78 is 5.37. The van der Waals surface area contributed by atoms with Crippen LogP contribution in [0.3, 0.4) is 0 Å². The van der Waals surface area contributed by atoms with Crippen LogP contribution in [-0.2, 0) is 24.2 Å². The standard InChI is InChI=1S/C18H31N5O2/c1-4-15-14(16(5-2)25-23-15)12-21-18(19-3)20-11-10-17(24)22-13-8-6-7-9-13/h13H,4-12H2,1-3H3,(H,22,24)(H2,19,20,21). The van der Waals surface area contributed by atoms with Gasteiger partial charge in [0.15, 0.2) is 5.96 Å². The molecule has 3 N–H and O–H groups in total. The van der Waals surface area contributed by atoms with Gasteiger partial charge in [-0.1, -0.05) is 31.8 Å². The molecule has 0 saturated heterocycles. The van der Waals surface area contributed by atoms with E-state index in [2.05, 4.69) is 39.9 Å². The van der Waals surface area contributed by atoms with E-state index in [0.717, 1.165) is 42.7 Å². The van der Waals surface area contributed by atoms with Gasteiger partial charge in [0.25, 0.3) is 0 Å². The van der Waals surface area contributed by atoms with E-state index in [1.54, 1.807) is 7.05 Å². The quantitative estimate of drug-likeness (QED) is 0.493. The zero-order chi connectivity index (χ0) is 18.1. The van der Waals surface area contributed by atoms with Crippen molar-refractivity contribution in [1.82, 2.24) is 21.1 Å². The highest BCUT2D eigenvalue weighted by Crippen LogP contribution is 2.17. The number of aryl methyl sites for hydroxylation is 2. The third kappa shape index (κ3) is 5.76. The minimum Gasteiger partial charge on any atom is -0.361 e. The Morgan fingerprint density at radius 2 is 2.00 bits per heavy atom. The molecule has 1 heterocycles. The van der Waals surface area contributed by atoms with E-state index in [-0.39, 0.29) is 5.91 Å². The van der Waals surface area contributed by atoms with Crippen molar-refractivity contribution in [2.75, 3.05) is 13.6 Å². The second kappa shape index (κ2) is 10.1. The normalized spacial score (nSPS) is 15.4. The predicted molar refractivity (Wildman–Crippen MR) is 98.5 cm³/mol. The third-order valence-corrected chi connectivity index (χ3v) is 4.63. The lowest BCUT2D eigenvalue weighted by molar-refractivity contribution is -0.121. The van der Waals surface area contributed by atoms with Crippen molar-refractivity contribution in [3.05, 3.63) is 17.0 Å². The summed E-state index contributed by atoms with van der Waals surface area (Å²) in [6.07, 6.45) is 6.78. The van der Waals surface area contributed by atoms with Gasteiger partial charge in [0.2, 0.25) is 5.91 Å². The highest BCUT2D eigenvalue weighted by atomic mass is 16.5. The number of carbonyl (C=O) groups excluding carboxylic acids is 1. The first-order valence-corrected chi connectivity index (χ1v) is 9.38. The molecule has 7 heteroatoms. The second-order valence-corrected chi connectivity index (χ2v) is 6.39. The Morgan fingerprint density at radius 3 is 2.64 bits per heavy atom. The molecule has 0 bridgehead atoms. The second-order valence-electron chi connectivity index (χ2n) is 6.39. The van der Waals surface area contributed by atoms with Gasteiger partial charge in [0.1, 0.15) is 5.76 Å². The van der Waals surface area contributed by atoms with Crippen LogP contribution >= 0.6 is 0 Å². The average Bonchev–Trinajstić information content (AvgIpc) is 3.26. The van der Waals surface area contributed by atoms with E-state index in [1.807, 2.05) is 0 Å². The van der Waals surface area contributed by atoms with Crippen LogP contribution in [0.15, 0.2) is 9.52 Å². The van der Waals surface area contributed by atoms with Crippen LogP contribution in [0.25, 0.3) is 0 Å². The van der Waals surface area contributed by atoms with Crippen molar-refractivity contribution in [1.29, 1.82) is 0 Å². The van der Waals surface area contributed by atoms with Crippen LogP contribution in [0.4, 0.5) is 0 Å². The molecule has 1 aromatic heterocycles. The van der Waals surface area contributed by atoms with Gasteiger partial charge in [-0.25, -0.2) is 0 Å². The summed E-state index contributed by atoms with van der Waals surface area (Å²) in [6, 6.07) is 0.374. The van der Waals surface area contributed by atoms with Crippen molar-refractivity contribution in [3.8, 4) is 0 Å². The van der Waals surface area contributed by atoms with E-state index in [4.69, 9.17) is 4.52 Å². The first-order chi connectivity index (χ1) is 12.2. The lowest BCUT2D eigenvalue weighted by Gasteiger charge is -2.14. The molecule has 1 aromatic rings. The van der Waals surface area contributed by atoms with Gasteiger partial charge in [-0.2, -0.15) is 0 Å². The van der Waals surface area contributed by atoms with Crippen LogP contribution in [0, 0.1) is 0 Å². The van der Waals surface area contributed by atoms with E-state index >= 15 is 0 Å². The average molecular weight is 349 g/mol. The number of hydrogen-bond acceptors (Lipinski definition) is 4. The molecule has 0 unspecified atom stereocenters. The lowest BCUT2D eigenvalue weighted by atomic mass is 10.1. The minimum atomic E-state index is 0.107. The van der Waals surface area contributed by atoms with Crippen molar-refractivity contribution in [2.24, 2.45) is 4.99 Å². The van der Waals surface area contributed by atoms with Crippen molar-refractivity contribution in [2.45, 2.75) is 71.4 Å². The Hall–Kier alpha value is -2.05. The highest BCUT2D eigenvalue weighted by Gasteiger charge is 2.17. The number of nitrogens with zero attached hydrogens (tertiary/aromatic N) is 2. The number of aromatic nitrogens is 1. The molecule has 2 rings (SSSR count). The lowest BCUT2D eigenvalue weighted by Crippen LogP contribution is -2.40. The number of hydrogen-bond donors (Lipinski definition) is 3. The van der Waals surface area contributed by atoms with E-state index in [9.17, 15) is 4.79 Å². The summed E-state index contributed by atoms with van der Waals surface area (Å²) in [6.45, 7) is 5.29. The molecule has 1 amide bonds. The Labute approximate surface area is 150 Å². The Balaban J connectivity index is 1.73. The van der Waals surface area contributed by atoms with Crippen LogP contribution in [-0.4, -0.2) is 36.7 Å². The summed E-state index contributed by atoms with van der Waals surface area (Å²) >= 11 is 0. The maximum Gasteiger partial charge on any atom is 0.221 e. The molecular formula is C18H31N5O2. The topological polar surface area (TPSA) is 91.6 Å². The minimum absolute atomic E-state index is 0.107. The fourth-order valence-corrected chi connectivity index (χ4v) is 3.19. The number of rotatable bonds is 8. The number of aliphatic imine (C=N–C) groups is 1. The van der Waals surface area contributed by atoms with Crippen LogP contribution in [0.2, 0.25) is 0 Å². The van der Waals surface area contributed by atoms with Gasteiger partial charge in [-0.3, -0.25) is 9.79 Å². The number of amides is 1. The molecule has 1 saturated carbocycles. The van der Waals surface area contributed by atoms with Gasteiger partial charge in [0, 0.05) is 44.6 Å². The first kappa shape index (κ1) is 19.3. The molecule has 140 valence electrons. The fraction of sp³-hybridized carbons (Fsp3) is 0.722. The molecule has 1 aliphatic rings. The Bertz CT molecular complexity index is 555. The molecule has 0 atom stereocenters. The summed E-state index contributed by atoms with van der Waals surface area (Å²) in [7, 11) is 1.73. The van der Waals surface area contributed by atoms with E-state index in [0.29, 0.717) is 31.5 Å². The first-order valence-electron chi connectivity index (χ1n) is 9.38. The Morgan fingerprint density at radius 1 is 1.24 bits per heavy atom. The molecule has 7 nitrogen and oxygen atoms in total. The SMILES string of the molecule is CCc1noc(CC)c1CNC(=NC)NCCC(=O)NC1CCCC1. The summed E-state index contributed by atoms with van der Waals surface area (Å²) in [5, 5.41) is 13.7. The van der Waals surface area contributed by atoms with Gasteiger partial charge >= 0.3 is 0 Å². The molecule has 0 radical (unpaired) electrons. The van der Waals surface area contributed by atoms with E-state index in [1.165, 1.54) is 12.8 Å². The van der Waals surface area contributed by atoms with Crippen molar-refractivity contribution in [3.63, 3.8) is 0 Å². The molecule has 0 aliphatic heterocycles. The van der Waals surface area contributed by atoms with Crippen molar-refractivity contribution >= 4 is 11.9 Å². The monoisotopic (exact) mass is 349 g/mol. The third-order valence-electron chi connectivity index (χ3n) is 4.63. The molecular weight excluding hydrogens is 318 g/mol. The van der Waals surface area contributed by atoms with Crippen LogP contribution in [0.1, 0.15) is 63.0 Å². The van der Waals surface area contributed by atoms with Gasteiger partial charge < -0.3 is 20.5 Å². The smallest absolute Gasteiger partial charge is 0.221 e. The highest BCUT2D eigenvalue weighted by molar-refractivity contribution is 5.81. The predicted octanol–water partition coefficient (Wildman–Crippen LogP) is 1.91. The zero-order valence-corrected chi connectivity index (χ0v) is 15.7. The van der Waals surface area contributed by atoms with Crippen LogP contribution < -0.4 is 16.0 Å². The molecule has 25 heavy (non-hydrogen) atoms. The molecule has 0 aromatic carbocycles. The van der Waals surface area contributed by atoms with Gasteiger partial charge in [0.05, 0.1) is 5.69 Å². The molecule has 1 aliphatic carbocycles. The fourth-order valence-electron chi connectivity index (χ4n) is 3.19. The number of carbonyl (C=O) groups is 1. The summed E-state index contributed by atoms with van der Waals surface area (Å²) in [5.74, 6) is 1.70. The number of nitrogens with one attached hydrogen (secondary N) is 3.